The highest BCUT2D eigenvalue weighted by molar-refractivity contribution is 7.89. The van der Waals surface area contributed by atoms with Crippen molar-refractivity contribution in [3.63, 3.8) is 0 Å². The van der Waals surface area contributed by atoms with E-state index >= 15 is 0 Å². The van der Waals surface area contributed by atoms with Gasteiger partial charge in [0.2, 0.25) is 10.0 Å². The number of benzene rings is 3. The number of amides is 1. The van der Waals surface area contributed by atoms with Gasteiger partial charge >= 0.3 is 0 Å². The number of sulfonamides is 1. The lowest BCUT2D eigenvalue weighted by Gasteiger charge is -2.22. The van der Waals surface area contributed by atoms with Crippen LogP contribution in [0.15, 0.2) is 82.8 Å². The second kappa shape index (κ2) is 10.5. The Hall–Kier alpha value is -3.07. The highest BCUT2D eigenvalue weighted by atomic mass is 35.5. The molecule has 166 valence electrons. The molecule has 3 aromatic carbocycles. The third-order valence-corrected chi connectivity index (χ3v) is 6.76. The highest BCUT2D eigenvalue weighted by Gasteiger charge is 2.27. The quantitative estimate of drug-likeness (QED) is 0.394. The van der Waals surface area contributed by atoms with Crippen molar-refractivity contribution in [1.82, 2.24) is 9.73 Å². The Bertz CT molecular complexity index is 1230. The first kappa shape index (κ1) is 23.6. The van der Waals surface area contributed by atoms with E-state index in [-0.39, 0.29) is 17.0 Å². The fraction of sp³-hybridized carbons (Fsp3) is 0.130. The fourth-order valence-electron chi connectivity index (χ4n) is 2.85. The molecule has 0 aliphatic heterocycles. The van der Waals surface area contributed by atoms with Crippen LogP contribution in [-0.4, -0.2) is 31.4 Å². The van der Waals surface area contributed by atoms with Gasteiger partial charge in [-0.15, -0.1) is 0 Å². The lowest BCUT2D eigenvalue weighted by atomic mass is 10.2. The number of hydrogen-bond acceptors (Lipinski definition) is 4. The second-order valence-electron chi connectivity index (χ2n) is 6.99. The van der Waals surface area contributed by atoms with E-state index in [2.05, 4.69) is 10.5 Å². The summed E-state index contributed by atoms with van der Waals surface area (Å²) >= 11 is 6.21. The molecule has 0 atom stereocenters. The third kappa shape index (κ3) is 6.00. The van der Waals surface area contributed by atoms with E-state index in [0.717, 1.165) is 16.1 Å². The van der Waals surface area contributed by atoms with Crippen LogP contribution in [0.5, 0.6) is 0 Å². The minimum Gasteiger partial charge on any atom is -0.272 e. The molecule has 1 amide bonds. The van der Waals surface area contributed by atoms with Gasteiger partial charge < -0.3 is 0 Å². The summed E-state index contributed by atoms with van der Waals surface area (Å²) in [6, 6.07) is 19.1. The standard InChI is InChI=1S/C23H21ClFN3O3S/c1-17-10-12-20(13-11-17)32(30,31)28(15-19-7-2-4-8-21(19)24)16-23(29)27-26-14-18-6-3-5-9-22(18)25/h2-14H,15-16H2,1H3,(H,27,29)/b26-14-. The molecule has 0 fully saturated rings. The van der Waals surface area contributed by atoms with Crippen LogP contribution in [0.1, 0.15) is 16.7 Å². The molecule has 0 aliphatic carbocycles. The molecular weight excluding hydrogens is 453 g/mol. The zero-order valence-electron chi connectivity index (χ0n) is 17.2. The maximum Gasteiger partial charge on any atom is 0.255 e. The molecule has 0 heterocycles. The molecule has 32 heavy (non-hydrogen) atoms. The van der Waals surface area contributed by atoms with Crippen LogP contribution in [-0.2, 0) is 21.4 Å². The fourth-order valence-corrected chi connectivity index (χ4v) is 4.42. The Kier molecular flexibility index (Phi) is 7.74. The first-order chi connectivity index (χ1) is 15.3. The second-order valence-corrected chi connectivity index (χ2v) is 9.34. The van der Waals surface area contributed by atoms with Gasteiger partial charge in [0.25, 0.3) is 5.91 Å². The van der Waals surface area contributed by atoms with Gasteiger partial charge in [-0.1, -0.05) is 65.7 Å². The molecule has 3 aromatic rings. The van der Waals surface area contributed by atoms with Crippen LogP contribution in [0.25, 0.3) is 0 Å². The molecule has 0 spiro atoms. The van der Waals surface area contributed by atoms with Crippen LogP contribution in [0.2, 0.25) is 5.02 Å². The van der Waals surface area contributed by atoms with Crippen LogP contribution in [0, 0.1) is 12.7 Å². The molecule has 0 radical (unpaired) electrons. The zero-order valence-corrected chi connectivity index (χ0v) is 18.8. The number of hydrogen-bond donors (Lipinski definition) is 1. The Morgan fingerprint density at radius 3 is 2.41 bits per heavy atom. The average molecular weight is 474 g/mol. The number of aryl methyl sites for hydroxylation is 1. The summed E-state index contributed by atoms with van der Waals surface area (Å²) in [5.41, 5.74) is 3.89. The SMILES string of the molecule is Cc1ccc(S(=O)(=O)N(CC(=O)N/N=C\c2ccccc2F)Cc2ccccc2Cl)cc1. The Balaban J connectivity index is 1.82. The Labute approximate surface area is 191 Å². The van der Waals surface area contributed by atoms with Crippen LogP contribution >= 0.6 is 11.6 Å². The van der Waals surface area contributed by atoms with Gasteiger partial charge in [0.15, 0.2) is 0 Å². The summed E-state index contributed by atoms with van der Waals surface area (Å²) in [4.78, 5) is 12.5. The van der Waals surface area contributed by atoms with Gasteiger partial charge in [-0.25, -0.2) is 18.2 Å². The Morgan fingerprint density at radius 1 is 1.06 bits per heavy atom. The zero-order chi connectivity index (χ0) is 23.1. The molecule has 9 heteroatoms. The number of carbonyl (C=O) groups excluding carboxylic acids is 1. The molecule has 0 aromatic heterocycles. The molecule has 1 N–H and O–H groups in total. The maximum atomic E-state index is 13.7. The minimum absolute atomic E-state index is 0.0535. The van der Waals surface area contributed by atoms with E-state index in [1.54, 1.807) is 42.5 Å². The van der Waals surface area contributed by atoms with E-state index in [1.165, 1.54) is 30.3 Å². The molecular formula is C23H21ClFN3O3S. The van der Waals surface area contributed by atoms with Crippen molar-refractivity contribution in [2.24, 2.45) is 5.10 Å². The van der Waals surface area contributed by atoms with Gasteiger partial charge in [-0.2, -0.15) is 9.41 Å². The summed E-state index contributed by atoms with van der Waals surface area (Å²) in [7, 11) is -4.01. The van der Waals surface area contributed by atoms with Gasteiger partial charge in [0, 0.05) is 17.1 Å². The largest absolute Gasteiger partial charge is 0.272 e. The first-order valence-corrected chi connectivity index (χ1v) is 11.5. The number of hydrazone groups is 1. The van der Waals surface area contributed by atoms with Crippen molar-refractivity contribution in [3.8, 4) is 0 Å². The van der Waals surface area contributed by atoms with E-state index in [1.807, 2.05) is 6.92 Å². The predicted molar refractivity (Wildman–Crippen MR) is 122 cm³/mol. The maximum absolute atomic E-state index is 13.7. The van der Waals surface area contributed by atoms with E-state index in [0.29, 0.717) is 10.6 Å². The third-order valence-electron chi connectivity index (χ3n) is 4.58. The number of nitrogens with zero attached hydrogens (tertiary/aromatic N) is 2. The molecule has 0 unspecified atom stereocenters. The number of halogens is 2. The topological polar surface area (TPSA) is 78.8 Å². The van der Waals surface area contributed by atoms with Crippen molar-refractivity contribution in [2.75, 3.05) is 6.54 Å². The Morgan fingerprint density at radius 2 is 1.72 bits per heavy atom. The summed E-state index contributed by atoms with van der Waals surface area (Å²) in [6.45, 7) is 1.23. The van der Waals surface area contributed by atoms with Crippen molar-refractivity contribution in [2.45, 2.75) is 18.4 Å². The summed E-state index contributed by atoms with van der Waals surface area (Å²) in [5, 5.41) is 4.12. The number of nitrogens with one attached hydrogen (secondary N) is 1. The van der Waals surface area contributed by atoms with Gasteiger partial charge in [-0.3, -0.25) is 4.79 Å². The smallest absolute Gasteiger partial charge is 0.255 e. The molecule has 0 saturated carbocycles. The van der Waals surface area contributed by atoms with Crippen molar-refractivity contribution in [1.29, 1.82) is 0 Å². The van der Waals surface area contributed by atoms with Gasteiger partial charge in [0.05, 0.1) is 17.7 Å². The van der Waals surface area contributed by atoms with Crippen molar-refractivity contribution >= 4 is 33.7 Å². The summed E-state index contributed by atoms with van der Waals surface area (Å²) in [6.07, 6.45) is 1.15. The van der Waals surface area contributed by atoms with E-state index in [9.17, 15) is 17.6 Å². The van der Waals surface area contributed by atoms with Crippen LogP contribution in [0.4, 0.5) is 4.39 Å². The van der Waals surface area contributed by atoms with Crippen molar-refractivity contribution < 1.29 is 17.6 Å². The van der Waals surface area contributed by atoms with Gasteiger partial charge in [0.1, 0.15) is 5.82 Å². The normalized spacial score (nSPS) is 11.8. The lowest BCUT2D eigenvalue weighted by molar-refractivity contribution is -0.121. The summed E-state index contributed by atoms with van der Waals surface area (Å²) in [5.74, 6) is -1.17. The molecule has 6 nitrogen and oxygen atoms in total. The van der Waals surface area contributed by atoms with E-state index < -0.39 is 28.3 Å². The minimum atomic E-state index is -4.01. The molecule has 0 bridgehead atoms. The monoisotopic (exact) mass is 473 g/mol. The van der Waals surface area contributed by atoms with E-state index in [4.69, 9.17) is 11.6 Å². The highest BCUT2D eigenvalue weighted by Crippen LogP contribution is 2.22. The predicted octanol–water partition coefficient (Wildman–Crippen LogP) is 4.13. The first-order valence-electron chi connectivity index (χ1n) is 9.64. The van der Waals surface area contributed by atoms with Crippen molar-refractivity contribution in [3.05, 3.63) is 100 Å². The van der Waals surface area contributed by atoms with Crippen LogP contribution in [0.3, 0.4) is 0 Å². The number of carbonyl (C=O) groups is 1. The molecule has 0 aliphatic rings. The molecule has 3 rings (SSSR count). The lowest BCUT2D eigenvalue weighted by Crippen LogP contribution is -2.39. The average Bonchev–Trinajstić information content (AvgIpc) is 2.76. The summed E-state index contributed by atoms with van der Waals surface area (Å²) < 4.78 is 41.2. The van der Waals surface area contributed by atoms with Gasteiger partial charge in [-0.05, 0) is 36.8 Å². The number of rotatable bonds is 8. The van der Waals surface area contributed by atoms with Crippen LogP contribution < -0.4 is 5.43 Å². The molecule has 0 saturated heterocycles.